The molecule has 4 nitrogen and oxygen atoms in total. The molecule has 0 aliphatic carbocycles. The normalized spacial score (nSPS) is 16.9. The Balaban J connectivity index is 0.000000325. The van der Waals surface area contributed by atoms with Crippen molar-refractivity contribution < 1.29 is 14.6 Å². The molecule has 102 valence electrons. The van der Waals surface area contributed by atoms with E-state index in [0.717, 1.165) is 12.3 Å². The number of rotatable bonds is 4. The SMILES string of the molecule is CC(C)(C)OC=O.OCCCC1CCNCC1. The molecule has 1 rings (SSSR count). The summed E-state index contributed by atoms with van der Waals surface area (Å²) in [6.07, 6.45) is 4.82. The van der Waals surface area contributed by atoms with E-state index in [1.54, 1.807) is 0 Å². The van der Waals surface area contributed by atoms with Crippen LogP contribution in [0.25, 0.3) is 0 Å². The Morgan fingerprint density at radius 1 is 1.35 bits per heavy atom. The van der Waals surface area contributed by atoms with Gasteiger partial charge in [-0.3, -0.25) is 4.79 Å². The molecule has 17 heavy (non-hydrogen) atoms. The number of hydrogen-bond donors (Lipinski definition) is 2. The van der Waals surface area contributed by atoms with Gasteiger partial charge in [-0.05, 0) is 65.5 Å². The lowest BCUT2D eigenvalue weighted by molar-refractivity contribution is -0.138. The summed E-state index contributed by atoms with van der Waals surface area (Å²) in [7, 11) is 0. The van der Waals surface area contributed by atoms with Gasteiger partial charge in [0, 0.05) is 6.61 Å². The second-order valence-corrected chi connectivity index (χ2v) is 5.39. The lowest BCUT2D eigenvalue weighted by Gasteiger charge is -2.21. The molecule has 1 aliphatic rings. The molecule has 0 radical (unpaired) electrons. The minimum absolute atomic E-state index is 0.318. The van der Waals surface area contributed by atoms with Crippen LogP contribution in [0.4, 0.5) is 0 Å². The molecule has 0 aromatic heterocycles. The third kappa shape index (κ3) is 11.6. The molecule has 2 N–H and O–H groups in total. The maximum absolute atomic E-state index is 9.60. The van der Waals surface area contributed by atoms with E-state index < -0.39 is 0 Å². The van der Waals surface area contributed by atoms with E-state index in [2.05, 4.69) is 10.1 Å². The highest BCUT2D eigenvalue weighted by atomic mass is 16.5. The maximum atomic E-state index is 9.60. The van der Waals surface area contributed by atoms with E-state index >= 15 is 0 Å². The number of aliphatic hydroxyl groups is 1. The molecule has 4 heteroatoms. The van der Waals surface area contributed by atoms with Gasteiger partial charge in [0.15, 0.2) is 0 Å². The summed E-state index contributed by atoms with van der Waals surface area (Å²) in [5.74, 6) is 0.883. The Hall–Kier alpha value is -0.610. The highest BCUT2D eigenvalue weighted by molar-refractivity contribution is 5.37. The maximum Gasteiger partial charge on any atom is 0.293 e. The zero-order valence-corrected chi connectivity index (χ0v) is 11.4. The Bertz CT molecular complexity index is 184. The summed E-state index contributed by atoms with van der Waals surface area (Å²) >= 11 is 0. The molecule has 0 saturated carbocycles. The van der Waals surface area contributed by atoms with Gasteiger partial charge in [-0.2, -0.15) is 0 Å². The number of piperidine rings is 1. The summed E-state index contributed by atoms with van der Waals surface area (Å²) < 4.78 is 4.55. The molecule has 0 amide bonds. The van der Waals surface area contributed by atoms with E-state index in [1.165, 1.54) is 32.4 Å². The van der Waals surface area contributed by atoms with Gasteiger partial charge in [0.1, 0.15) is 5.60 Å². The number of carbonyl (C=O) groups is 1. The first-order valence-corrected chi connectivity index (χ1v) is 6.42. The van der Waals surface area contributed by atoms with Crippen molar-refractivity contribution in [1.82, 2.24) is 5.32 Å². The molecular weight excluding hydrogens is 218 g/mol. The first-order valence-electron chi connectivity index (χ1n) is 6.42. The third-order valence-electron chi connectivity index (χ3n) is 2.63. The molecule has 1 fully saturated rings. The summed E-state index contributed by atoms with van der Waals surface area (Å²) in [6, 6.07) is 0. The monoisotopic (exact) mass is 245 g/mol. The van der Waals surface area contributed by atoms with Crippen LogP contribution in [-0.4, -0.2) is 36.9 Å². The van der Waals surface area contributed by atoms with Crippen LogP contribution in [0.5, 0.6) is 0 Å². The average Bonchev–Trinajstić information content (AvgIpc) is 2.27. The zero-order valence-electron chi connectivity index (χ0n) is 11.4. The average molecular weight is 245 g/mol. The van der Waals surface area contributed by atoms with Gasteiger partial charge < -0.3 is 15.2 Å². The fourth-order valence-electron chi connectivity index (χ4n) is 1.69. The number of ether oxygens (including phenoxy) is 1. The van der Waals surface area contributed by atoms with Crippen LogP contribution in [0.3, 0.4) is 0 Å². The minimum atomic E-state index is -0.318. The van der Waals surface area contributed by atoms with Crippen LogP contribution >= 0.6 is 0 Å². The predicted molar refractivity (Wildman–Crippen MR) is 68.8 cm³/mol. The van der Waals surface area contributed by atoms with E-state index in [4.69, 9.17) is 5.11 Å². The Labute approximate surface area is 105 Å². The smallest absolute Gasteiger partial charge is 0.293 e. The predicted octanol–water partition coefficient (Wildman–Crippen LogP) is 1.72. The van der Waals surface area contributed by atoms with E-state index in [0.29, 0.717) is 13.1 Å². The summed E-state index contributed by atoms with van der Waals surface area (Å²) in [5.41, 5.74) is -0.318. The first-order chi connectivity index (χ1) is 7.99. The molecule has 1 saturated heterocycles. The van der Waals surface area contributed by atoms with Crippen LogP contribution in [-0.2, 0) is 9.53 Å². The number of nitrogens with one attached hydrogen (secondary N) is 1. The first kappa shape index (κ1) is 16.4. The van der Waals surface area contributed by atoms with Gasteiger partial charge in [0.2, 0.25) is 0 Å². The van der Waals surface area contributed by atoms with Crippen molar-refractivity contribution in [2.45, 2.75) is 52.1 Å². The van der Waals surface area contributed by atoms with Crippen molar-refractivity contribution in [3.8, 4) is 0 Å². The second-order valence-electron chi connectivity index (χ2n) is 5.39. The molecule has 1 heterocycles. The van der Waals surface area contributed by atoms with Crippen LogP contribution in [0.15, 0.2) is 0 Å². The Morgan fingerprint density at radius 2 is 1.94 bits per heavy atom. The van der Waals surface area contributed by atoms with Crippen molar-refractivity contribution >= 4 is 6.47 Å². The van der Waals surface area contributed by atoms with Crippen molar-refractivity contribution in [2.24, 2.45) is 5.92 Å². The highest BCUT2D eigenvalue weighted by Gasteiger charge is 2.11. The largest absolute Gasteiger partial charge is 0.462 e. The second kappa shape index (κ2) is 9.42. The highest BCUT2D eigenvalue weighted by Crippen LogP contribution is 2.16. The molecule has 0 atom stereocenters. The molecule has 0 bridgehead atoms. The van der Waals surface area contributed by atoms with Crippen LogP contribution in [0.1, 0.15) is 46.5 Å². The van der Waals surface area contributed by atoms with E-state index in [-0.39, 0.29) is 5.60 Å². The van der Waals surface area contributed by atoms with Crippen molar-refractivity contribution in [2.75, 3.05) is 19.7 Å². The topological polar surface area (TPSA) is 58.6 Å². The Kier molecular flexibility index (Phi) is 9.09. The van der Waals surface area contributed by atoms with Crippen LogP contribution in [0, 0.1) is 5.92 Å². The molecule has 0 aromatic carbocycles. The number of aliphatic hydroxyl groups excluding tert-OH is 1. The molecule has 1 aliphatic heterocycles. The van der Waals surface area contributed by atoms with Crippen molar-refractivity contribution in [3.63, 3.8) is 0 Å². The summed E-state index contributed by atoms with van der Waals surface area (Å²) in [6.45, 7) is 8.64. The van der Waals surface area contributed by atoms with E-state index in [9.17, 15) is 4.79 Å². The van der Waals surface area contributed by atoms with Gasteiger partial charge in [-0.15, -0.1) is 0 Å². The van der Waals surface area contributed by atoms with Gasteiger partial charge in [-0.25, -0.2) is 0 Å². The standard InChI is InChI=1S/C8H17NO.C5H10O2/c10-7-1-2-8-3-5-9-6-4-8;1-5(2,3)7-4-6/h8-10H,1-7H2;4H,1-3H3. The lowest BCUT2D eigenvalue weighted by Crippen LogP contribution is -2.27. The van der Waals surface area contributed by atoms with Crippen LogP contribution < -0.4 is 5.32 Å². The molecule has 0 unspecified atom stereocenters. The number of hydrogen-bond acceptors (Lipinski definition) is 4. The minimum Gasteiger partial charge on any atom is -0.462 e. The van der Waals surface area contributed by atoms with Gasteiger partial charge in [0.25, 0.3) is 6.47 Å². The quantitative estimate of drug-likeness (QED) is 0.740. The Morgan fingerprint density at radius 3 is 2.29 bits per heavy atom. The fraction of sp³-hybridized carbons (Fsp3) is 0.923. The van der Waals surface area contributed by atoms with Gasteiger partial charge in [0.05, 0.1) is 0 Å². The van der Waals surface area contributed by atoms with Gasteiger partial charge >= 0.3 is 0 Å². The molecular formula is C13H27NO3. The van der Waals surface area contributed by atoms with Crippen LogP contribution in [0.2, 0.25) is 0 Å². The molecule has 0 spiro atoms. The van der Waals surface area contributed by atoms with Gasteiger partial charge in [-0.1, -0.05) is 0 Å². The molecule has 0 aromatic rings. The van der Waals surface area contributed by atoms with Crippen molar-refractivity contribution in [1.29, 1.82) is 0 Å². The zero-order chi connectivity index (χ0) is 13.1. The summed E-state index contributed by atoms with van der Waals surface area (Å²) in [4.78, 5) is 9.60. The number of carbonyl (C=O) groups excluding carboxylic acids is 1. The van der Waals surface area contributed by atoms with Crippen molar-refractivity contribution in [3.05, 3.63) is 0 Å². The van der Waals surface area contributed by atoms with E-state index in [1.807, 2.05) is 20.8 Å². The lowest BCUT2D eigenvalue weighted by atomic mass is 9.93. The summed E-state index contributed by atoms with van der Waals surface area (Å²) in [5, 5.41) is 11.9. The third-order valence-corrected chi connectivity index (χ3v) is 2.63. The fourth-order valence-corrected chi connectivity index (χ4v) is 1.69.